The number of aryl methyl sites for hydroxylation is 1. The van der Waals surface area contributed by atoms with Crippen LogP contribution in [0.5, 0.6) is 0 Å². The van der Waals surface area contributed by atoms with Gasteiger partial charge < -0.3 is 18.9 Å². The molecule has 1 saturated heterocycles. The van der Waals surface area contributed by atoms with Gasteiger partial charge in [-0.25, -0.2) is 8.42 Å². The van der Waals surface area contributed by atoms with Gasteiger partial charge in [0.05, 0.1) is 30.4 Å². The summed E-state index contributed by atoms with van der Waals surface area (Å²) in [7, 11) is -1.99. The number of ether oxygens (including phenoxy) is 2. The summed E-state index contributed by atoms with van der Waals surface area (Å²) < 4.78 is 40.6. The van der Waals surface area contributed by atoms with Gasteiger partial charge >= 0.3 is 0 Å². The maximum atomic E-state index is 13.3. The number of hydrogen-bond acceptors (Lipinski definition) is 5. The fourth-order valence-corrected chi connectivity index (χ4v) is 5.98. The molecule has 4 rings (SSSR count). The lowest BCUT2D eigenvalue weighted by Gasteiger charge is -2.26. The van der Waals surface area contributed by atoms with Crippen LogP contribution >= 0.6 is 0 Å². The van der Waals surface area contributed by atoms with Crippen LogP contribution in [0.3, 0.4) is 0 Å². The van der Waals surface area contributed by atoms with Crippen molar-refractivity contribution in [1.29, 1.82) is 0 Å². The number of likely N-dealkylation sites (N-methyl/N-ethyl adjacent to an activating group) is 1. The van der Waals surface area contributed by atoms with Crippen molar-refractivity contribution in [2.24, 2.45) is 0 Å². The van der Waals surface area contributed by atoms with Crippen molar-refractivity contribution in [2.45, 2.75) is 32.2 Å². The number of carbonyl (C=O) groups is 1. The molecule has 1 fully saturated rings. The Labute approximate surface area is 195 Å². The third-order valence-corrected chi connectivity index (χ3v) is 8.27. The van der Waals surface area contributed by atoms with Crippen LogP contribution < -0.4 is 4.90 Å². The molecule has 0 atom stereocenters. The number of carbonyl (C=O) groups excluding carboxylic acids is 1. The second-order valence-corrected chi connectivity index (χ2v) is 10.2. The van der Waals surface area contributed by atoms with Crippen molar-refractivity contribution in [3.8, 4) is 0 Å². The van der Waals surface area contributed by atoms with Gasteiger partial charge in [0.1, 0.15) is 0 Å². The quantitative estimate of drug-likeness (QED) is 0.578. The molecular weight excluding hydrogens is 442 g/mol. The van der Waals surface area contributed by atoms with Crippen molar-refractivity contribution < 1.29 is 22.7 Å². The maximum Gasteiger partial charge on any atom is 0.258 e. The minimum absolute atomic E-state index is 0.116. The highest BCUT2D eigenvalue weighted by atomic mass is 32.2. The zero-order chi connectivity index (χ0) is 23.8. The fraction of sp³-hybridized carbons (Fsp3) is 0.458. The molecule has 0 bridgehead atoms. The minimum atomic E-state index is -3.66. The lowest BCUT2D eigenvalue weighted by Crippen LogP contribution is -2.40. The van der Waals surface area contributed by atoms with Crippen LogP contribution in [0.2, 0.25) is 0 Å². The van der Waals surface area contributed by atoms with Gasteiger partial charge in [0, 0.05) is 55.8 Å². The maximum absolute atomic E-state index is 13.3. The topological polar surface area (TPSA) is 81.1 Å². The Morgan fingerprint density at radius 1 is 1.15 bits per heavy atom. The summed E-state index contributed by atoms with van der Waals surface area (Å²) in [6, 6.07) is 7.03. The van der Waals surface area contributed by atoms with Gasteiger partial charge in [0.25, 0.3) is 5.91 Å². The van der Waals surface area contributed by atoms with Crippen LogP contribution in [0.15, 0.2) is 29.2 Å². The fourth-order valence-electron chi connectivity index (χ4n) is 4.54. The van der Waals surface area contributed by atoms with Crippen molar-refractivity contribution in [3.05, 3.63) is 46.8 Å². The van der Waals surface area contributed by atoms with Crippen molar-refractivity contribution >= 4 is 33.3 Å². The molecule has 8 nitrogen and oxygen atoms in total. The average Bonchev–Trinajstić information content (AvgIpc) is 3.24. The molecule has 1 aromatic heterocycles. The number of anilines is 1. The number of hydrogen-bond donors (Lipinski definition) is 0. The van der Waals surface area contributed by atoms with E-state index in [1.54, 1.807) is 30.2 Å². The molecule has 0 aliphatic carbocycles. The Morgan fingerprint density at radius 2 is 1.88 bits per heavy atom. The number of fused-ring (bicyclic) bond motifs is 1. The second kappa shape index (κ2) is 9.42. The van der Waals surface area contributed by atoms with E-state index in [0.717, 1.165) is 29.2 Å². The van der Waals surface area contributed by atoms with Gasteiger partial charge in [-0.05, 0) is 56.7 Å². The Morgan fingerprint density at radius 3 is 2.55 bits per heavy atom. The first-order chi connectivity index (χ1) is 15.8. The monoisotopic (exact) mass is 473 g/mol. The standard InChI is InChI=1S/C24H31N3O5S/c1-5-26-23-7-6-20(33(29,30)25-8-12-32-13-9-25)16-21(23)22(24(26)28)15-19-14-17(2)27(18(19)3)10-11-31-4/h6-7,14-16H,5,8-13H2,1-4H3. The summed E-state index contributed by atoms with van der Waals surface area (Å²) in [4.78, 5) is 15.2. The summed E-state index contributed by atoms with van der Waals surface area (Å²) in [5.74, 6) is -0.116. The molecule has 2 aromatic rings. The van der Waals surface area contributed by atoms with Gasteiger partial charge in [-0.15, -0.1) is 0 Å². The zero-order valence-electron chi connectivity index (χ0n) is 19.6. The number of benzene rings is 1. The van der Waals surface area contributed by atoms with E-state index in [0.29, 0.717) is 50.6 Å². The molecule has 1 amide bonds. The predicted octanol–water partition coefficient (Wildman–Crippen LogP) is 2.68. The van der Waals surface area contributed by atoms with Gasteiger partial charge in [0.15, 0.2) is 0 Å². The molecule has 9 heteroatoms. The number of amides is 1. The van der Waals surface area contributed by atoms with E-state index >= 15 is 0 Å². The average molecular weight is 474 g/mol. The molecule has 0 N–H and O–H groups in total. The molecule has 0 radical (unpaired) electrons. The number of nitrogens with zero attached hydrogens (tertiary/aromatic N) is 3. The van der Waals surface area contributed by atoms with Crippen molar-refractivity contribution in [3.63, 3.8) is 0 Å². The summed E-state index contributed by atoms with van der Waals surface area (Å²) in [6.45, 7) is 9.22. The van der Waals surface area contributed by atoms with Gasteiger partial charge in [-0.1, -0.05) is 0 Å². The van der Waals surface area contributed by atoms with E-state index in [1.807, 2.05) is 32.9 Å². The predicted molar refractivity (Wildman–Crippen MR) is 128 cm³/mol. The van der Waals surface area contributed by atoms with Gasteiger partial charge in [-0.2, -0.15) is 4.31 Å². The molecule has 1 aromatic carbocycles. The first kappa shape index (κ1) is 23.7. The molecule has 2 aliphatic heterocycles. The number of sulfonamides is 1. The zero-order valence-corrected chi connectivity index (χ0v) is 20.4. The molecule has 33 heavy (non-hydrogen) atoms. The third kappa shape index (κ3) is 4.26. The van der Waals surface area contributed by atoms with Crippen LogP contribution in [-0.2, 0) is 30.8 Å². The molecule has 0 spiro atoms. The second-order valence-electron chi connectivity index (χ2n) is 8.27. The molecule has 0 saturated carbocycles. The largest absolute Gasteiger partial charge is 0.383 e. The normalized spacial score (nSPS) is 18.4. The van der Waals surface area contributed by atoms with Crippen molar-refractivity contribution in [2.75, 3.05) is 51.5 Å². The Bertz CT molecular complexity index is 1190. The lowest BCUT2D eigenvalue weighted by molar-refractivity contribution is -0.112. The number of methoxy groups -OCH3 is 1. The smallest absolute Gasteiger partial charge is 0.258 e. The Hall–Kier alpha value is -2.46. The van der Waals surface area contributed by atoms with E-state index in [-0.39, 0.29) is 10.8 Å². The first-order valence-corrected chi connectivity index (χ1v) is 12.6. The lowest BCUT2D eigenvalue weighted by atomic mass is 10.0. The summed E-state index contributed by atoms with van der Waals surface area (Å²) in [5.41, 5.74) is 4.97. The van der Waals surface area contributed by atoms with E-state index < -0.39 is 10.0 Å². The molecular formula is C24H31N3O5S. The van der Waals surface area contributed by atoms with Crippen LogP contribution in [0.4, 0.5) is 5.69 Å². The van der Waals surface area contributed by atoms with Crippen LogP contribution in [0.25, 0.3) is 11.6 Å². The first-order valence-electron chi connectivity index (χ1n) is 11.2. The number of morpholine rings is 1. The molecule has 0 unspecified atom stereocenters. The third-order valence-electron chi connectivity index (χ3n) is 6.38. The molecule has 3 heterocycles. The Kier molecular flexibility index (Phi) is 6.76. The van der Waals surface area contributed by atoms with E-state index in [2.05, 4.69) is 4.57 Å². The highest BCUT2D eigenvalue weighted by molar-refractivity contribution is 7.89. The van der Waals surface area contributed by atoms with Crippen LogP contribution in [0, 0.1) is 13.8 Å². The summed E-state index contributed by atoms with van der Waals surface area (Å²) in [5, 5.41) is 0. The van der Waals surface area contributed by atoms with Gasteiger partial charge in [0.2, 0.25) is 10.0 Å². The SMILES string of the molecule is CCN1C(=O)C(=Cc2cc(C)n(CCOC)c2C)c2cc(S(=O)(=O)N3CCOCC3)ccc21. The van der Waals surface area contributed by atoms with Crippen LogP contribution in [-0.4, -0.2) is 69.8 Å². The van der Waals surface area contributed by atoms with Gasteiger partial charge in [-0.3, -0.25) is 4.79 Å². The van der Waals surface area contributed by atoms with E-state index in [1.165, 1.54) is 4.31 Å². The molecule has 178 valence electrons. The number of rotatable bonds is 7. The van der Waals surface area contributed by atoms with E-state index in [9.17, 15) is 13.2 Å². The van der Waals surface area contributed by atoms with E-state index in [4.69, 9.17) is 9.47 Å². The Balaban J connectivity index is 1.78. The van der Waals surface area contributed by atoms with Crippen LogP contribution in [0.1, 0.15) is 29.4 Å². The summed E-state index contributed by atoms with van der Waals surface area (Å²) >= 11 is 0. The highest BCUT2D eigenvalue weighted by Crippen LogP contribution is 2.40. The highest BCUT2D eigenvalue weighted by Gasteiger charge is 2.34. The molecule has 2 aliphatic rings. The van der Waals surface area contributed by atoms with Crippen molar-refractivity contribution in [1.82, 2.24) is 8.87 Å². The minimum Gasteiger partial charge on any atom is -0.383 e. The summed E-state index contributed by atoms with van der Waals surface area (Å²) in [6.07, 6.45) is 1.88. The number of aromatic nitrogens is 1.